The van der Waals surface area contributed by atoms with E-state index in [1.165, 1.54) is 11.8 Å². The molecule has 136 valence electrons. The summed E-state index contributed by atoms with van der Waals surface area (Å²) >= 11 is 14.1. The van der Waals surface area contributed by atoms with Crippen molar-refractivity contribution in [2.45, 2.75) is 5.18 Å². The molecular formula is C19H13Cl2N3O2S. The van der Waals surface area contributed by atoms with Crippen LogP contribution >= 0.6 is 35.0 Å². The number of carbonyl (C=O) groups is 1. The maximum Gasteiger partial charge on any atom is 0.348 e. The fourth-order valence-corrected chi connectivity index (χ4v) is 5.37. The van der Waals surface area contributed by atoms with Crippen LogP contribution in [0.5, 0.6) is 0 Å². The molecule has 0 aromatic heterocycles. The average molecular weight is 418 g/mol. The van der Waals surface area contributed by atoms with Gasteiger partial charge in [0.2, 0.25) is 0 Å². The Morgan fingerprint density at radius 3 is 2.48 bits per heavy atom. The number of carbonyl (C=O) groups excluding carboxylic acids is 1. The van der Waals surface area contributed by atoms with Crippen LogP contribution in [0.4, 0.5) is 0 Å². The second-order valence-electron chi connectivity index (χ2n) is 6.28. The van der Waals surface area contributed by atoms with Crippen molar-refractivity contribution in [3.8, 4) is 0 Å². The highest BCUT2D eigenvalue weighted by molar-refractivity contribution is 8.05. The SMILES string of the molecule is O=C1/C(=C/c2ccccc2)SC23ON=C(c4c(Cl)cccc4Cl)N2CCN13. The van der Waals surface area contributed by atoms with Gasteiger partial charge in [-0.25, -0.2) is 0 Å². The molecule has 1 amide bonds. The maximum absolute atomic E-state index is 12.9. The van der Waals surface area contributed by atoms with Crippen molar-refractivity contribution in [2.75, 3.05) is 13.1 Å². The summed E-state index contributed by atoms with van der Waals surface area (Å²) in [5.41, 5.74) is 1.58. The Kier molecular flexibility index (Phi) is 3.89. The van der Waals surface area contributed by atoms with E-state index in [1.54, 1.807) is 23.1 Å². The first kappa shape index (κ1) is 17.0. The molecule has 3 heterocycles. The minimum Gasteiger partial charge on any atom is -0.332 e. The van der Waals surface area contributed by atoms with Crippen molar-refractivity contribution in [3.05, 3.63) is 74.6 Å². The molecule has 5 rings (SSSR count). The normalized spacial score (nSPS) is 24.9. The third kappa shape index (κ3) is 2.47. The highest BCUT2D eigenvalue weighted by Crippen LogP contribution is 2.53. The molecule has 2 aromatic carbocycles. The Bertz CT molecular complexity index is 991. The van der Waals surface area contributed by atoms with Crippen LogP contribution in [0.15, 0.2) is 58.6 Å². The van der Waals surface area contributed by atoms with Crippen molar-refractivity contribution in [1.82, 2.24) is 9.80 Å². The molecule has 2 fully saturated rings. The number of rotatable bonds is 2. The fraction of sp³-hybridized carbons (Fsp3) is 0.158. The van der Waals surface area contributed by atoms with Crippen molar-refractivity contribution < 1.29 is 9.63 Å². The second-order valence-corrected chi connectivity index (χ2v) is 8.27. The van der Waals surface area contributed by atoms with Gasteiger partial charge in [0, 0.05) is 13.1 Å². The molecule has 2 saturated heterocycles. The molecule has 5 nitrogen and oxygen atoms in total. The molecule has 3 aliphatic rings. The van der Waals surface area contributed by atoms with Crippen molar-refractivity contribution in [1.29, 1.82) is 0 Å². The van der Waals surface area contributed by atoms with Crippen molar-refractivity contribution in [2.24, 2.45) is 5.16 Å². The molecule has 1 unspecified atom stereocenters. The topological polar surface area (TPSA) is 45.1 Å². The van der Waals surface area contributed by atoms with Gasteiger partial charge >= 0.3 is 5.18 Å². The van der Waals surface area contributed by atoms with E-state index in [-0.39, 0.29) is 5.91 Å². The smallest absolute Gasteiger partial charge is 0.332 e. The molecule has 0 N–H and O–H groups in total. The zero-order chi connectivity index (χ0) is 18.6. The van der Waals surface area contributed by atoms with Crippen molar-refractivity contribution >= 4 is 52.8 Å². The number of nitrogens with zero attached hydrogens (tertiary/aromatic N) is 3. The van der Waals surface area contributed by atoms with Crippen LogP contribution in [0.25, 0.3) is 6.08 Å². The highest BCUT2D eigenvalue weighted by atomic mass is 35.5. The van der Waals surface area contributed by atoms with E-state index in [0.29, 0.717) is 39.4 Å². The first-order valence-corrected chi connectivity index (χ1v) is 9.93. The van der Waals surface area contributed by atoms with E-state index >= 15 is 0 Å². The fourth-order valence-electron chi connectivity index (χ4n) is 3.48. The quantitative estimate of drug-likeness (QED) is 0.685. The molecule has 2 aromatic rings. The Morgan fingerprint density at radius 1 is 1.04 bits per heavy atom. The average Bonchev–Trinajstić information content (AvgIpc) is 3.26. The number of benzene rings is 2. The van der Waals surface area contributed by atoms with Gasteiger partial charge in [-0.15, -0.1) is 0 Å². The Labute approximate surface area is 170 Å². The lowest BCUT2D eigenvalue weighted by Crippen LogP contribution is -2.48. The van der Waals surface area contributed by atoms with Gasteiger partial charge in [-0.1, -0.05) is 64.8 Å². The number of amides is 1. The van der Waals surface area contributed by atoms with E-state index in [9.17, 15) is 4.79 Å². The first-order chi connectivity index (χ1) is 13.1. The Hall–Kier alpha value is -2.15. The minimum absolute atomic E-state index is 0.0620. The highest BCUT2D eigenvalue weighted by Gasteiger charge is 2.64. The minimum atomic E-state index is -1.00. The summed E-state index contributed by atoms with van der Waals surface area (Å²) in [5, 5.41) is 4.24. The molecule has 3 aliphatic heterocycles. The third-order valence-corrected chi connectivity index (χ3v) is 6.64. The molecule has 0 radical (unpaired) electrons. The molecule has 0 bridgehead atoms. The van der Waals surface area contributed by atoms with Crippen LogP contribution in [0, 0.1) is 0 Å². The monoisotopic (exact) mass is 417 g/mol. The van der Waals surface area contributed by atoms with Gasteiger partial charge in [0.1, 0.15) is 0 Å². The van der Waals surface area contributed by atoms with Crippen molar-refractivity contribution in [3.63, 3.8) is 0 Å². The lowest BCUT2D eigenvalue weighted by Gasteiger charge is -2.29. The number of halogens is 2. The Balaban J connectivity index is 1.52. The predicted molar refractivity (Wildman–Crippen MR) is 107 cm³/mol. The molecule has 1 atom stereocenters. The second kappa shape index (κ2) is 6.19. The van der Waals surface area contributed by atoms with Gasteiger partial charge in [0.25, 0.3) is 5.91 Å². The molecule has 1 spiro atoms. The summed E-state index contributed by atoms with van der Waals surface area (Å²) < 4.78 is 0. The molecular weight excluding hydrogens is 405 g/mol. The summed E-state index contributed by atoms with van der Waals surface area (Å²) in [5.74, 6) is 0.488. The lowest BCUT2D eigenvalue weighted by atomic mass is 10.2. The summed E-state index contributed by atoms with van der Waals surface area (Å²) in [6.45, 7) is 1.14. The van der Waals surface area contributed by atoms with Gasteiger partial charge in [-0.05, 0) is 35.5 Å². The lowest BCUT2D eigenvalue weighted by molar-refractivity contribution is -0.144. The summed E-state index contributed by atoms with van der Waals surface area (Å²) in [6, 6.07) is 15.0. The molecule has 0 aliphatic carbocycles. The van der Waals surface area contributed by atoms with Gasteiger partial charge in [0.05, 0.1) is 20.5 Å². The number of oxime groups is 1. The third-order valence-electron chi connectivity index (χ3n) is 4.72. The van der Waals surface area contributed by atoms with Gasteiger partial charge < -0.3 is 4.84 Å². The van der Waals surface area contributed by atoms with E-state index in [4.69, 9.17) is 28.0 Å². The standard InChI is InChI=1S/C19H13Cl2N3O2S/c20-13-7-4-8-14(21)16(13)17-22-26-19-23(17)9-10-24(19)18(25)15(27-19)11-12-5-2-1-3-6-12/h1-8,11H,9-10H2/b15-11-. The first-order valence-electron chi connectivity index (χ1n) is 8.36. The van der Waals surface area contributed by atoms with Crippen LogP contribution in [0.1, 0.15) is 11.1 Å². The Morgan fingerprint density at radius 2 is 1.74 bits per heavy atom. The molecule has 0 saturated carbocycles. The van der Waals surface area contributed by atoms with E-state index in [1.807, 2.05) is 41.3 Å². The number of amidine groups is 1. The molecule has 27 heavy (non-hydrogen) atoms. The van der Waals surface area contributed by atoms with Crippen LogP contribution in [0.3, 0.4) is 0 Å². The van der Waals surface area contributed by atoms with Crippen LogP contribution in [-0.2, 0) is 9.63 Å². The zero-order valence-electron chi connectivity index (χ0n) is 13.9. The van der Waals surface area contributed by atoms with Crippen LogP contribution in [-0.4, -0.2) is 39.8 Å². The van der Waals surface area contributed by atoms with Crippen LogP contribution < -0.4 is 0 Å². The van der Waals surface area contributed by atoms with E-state index in [2.05, 4.69) is 5.16 Å². The van der Waals surface area contributed by atoms with E-state index < -0.39 is 5.18 Å². The van der Waals surface area contributed by atoms with Gasteiger partial charge in [0.15, 0.2) is 5.84 Å². The summed E-state index contributed by atoms with van der Waals surface area (Å²) in [6.07, 6.45) is 1.88. The van der Waals surface area contributed by atoms with E-state index in [0.717, 1.165) is 5.56 Å². The van der Waals surface area contributed by atoms with Crippen LogP contribution in [0.2, 0.25) is 10.0 Å². The number of thioether (sulfide) groups is 1. The van der Waals surface area contributed by atoms with Gasteiger partial charge in [-0.2, -0.15) is 0 Å². The largest absolute Gasteiger partial charge is 0.348 e. The summed E-state index contributed by atoms with van der Waals surface area (Å²) in [7, 11) is 0. The number of hydrogen-bond donors (Lipinski definition) is 0. The zero-order valence-corrected chi connectivity index (χ0v) is 16.3. The maximum atomic E-state index is 12.9. The van der Waals surface area contributed by atoms with Gasteiger partial charge in [-0.3, -0.25) is 14.6 Å². The number of hydrogen-bond acceptors (Lipinski definition) is 5. The molecule has 8 heteroatoms. The summed E-state index contributed by atoms with van der Waals surface area (Å²) in [4.78, 5) is 23.0. The predicted octanol–water partition coefficient (Wildman–Crippen LogP) is 4.23.